The molecule has 3 aliphatic rings. The molecule has 3 heterocycles. The summed E-state index contributed by atoms with van der Waals surface area (Å²) in [7, 11) is 3.25. The van der Waals surface area contributed by atoms with E-state index in [1.807, 2.05) is 6.07 Å². The van der Waals surface area contributed by atoms with Crippen LogP contribution in [0.1, 0.15) is 60.4 Å². The minimum Gasteiger partial charge on any atom is -0.493 e. The summed E-state index contributed by atoms with van der Waals surface area (Å²) in [6, 6.07) is 7.61. The van der Waals surface area contributed by atoms with Crippen LogP contribution in [0.25, 0.3) is 11.3 Å². The van der Waals surface area contributed by atoms with Crippen LogP contribution >= 0.6 is 46.4 Å². The average Bonchev–Trinajstić information content (AvgIpc) is 3.32. The van der Waals surface area contributed by atoms with Crippen molar-refractivity contribution >= 4 is 57.7 Å². The van der Waals surface area contributed by atoms with Gasteiger partial charge in [-0.1, -0.05) is 53.7 Å². The molecule has 9 heteroatoms. The zero-order valence-electron chi connectivity index (χ0n) is 20.3. The Morgan fingerprint density at radius 3 is 2.42 bits per heavy atom. The van der Waals surface area contributed by atoms with Gasteiger partial charge in [0, 0.05) is 29.2 Å². The van der Waals surface area contributed by atoms with Crippen LogP contribution in [0.2, 0.25) is 0 Å². The second-order valence-corrected chi connectivity index (χ2v) is 11.9. The molecular weight excluding hydrogens is 544 g/mol. The van der Waals surface area contributed by atoms with E-state index < -0.39 is 9.83 Å². The van der Waals surface area contributed by atoms with Gasteiger partial charge < -0.3 is 23.8 Å². The molecule has 0 bridgehead atoms. The highest BCUT2D eigenvalue weighted by atomic mass is 35.6. The van der Waals surface area contributed by atoms with E-state index in [0.29, 0.717) is 23.9 Å². The van der Waals surface area contributed by atoms with Crippen molar-refractivity contribution in [3.05, 3.63) is 46.5 Å². The molecule has 5 nitrogen and oxygen atoms in total. The van der Waals surface area contributed by atoms with Crippen LogP contribution in [0.15, 0.2) is 24.3 Å². The molecule has 0 aromatic heterocycles. The Hall–Kier alpha value is -1.66. The molecule has 2 aromatic carbocycles. The van der Waals surface area contributed by atoms with Gasteiger partial charge in [0.15, 0.2) is 23.0 Å². The van der Waals surface area contributed by atoms with E-state index >= 15 is 0 Å². The van der Waals surface area contributed by atoms with Gasteiger partial charge >= 0.3 is 0 Å². The van der Waals surface area contributed by atoms with Crippen molar-refractivity contribution in [1.82, 2.24) is 4.90 Å². The highest BCUT2D eigenvalue weighted by molar-refractivity contribution is 6.68. The smallest absolute Gasteiger partial charge is 0.231 e. The Morgan fingerprint density at radius 2 is 1.72 bits per heavy atom. The number of rotatable bonds is 8. The minimum absolute atomic E-state index is 0.227. The second kappa shape index (κ2) is 10.6. The Kier molecular flexibility index (Phi) is 7.65. The summed E-state index contributed by atoms with van der Waals surface area (Å²) in [5.74, 6) is 3.43. The third kappa shape index (κ3) is 4.57. The summed E-state index contributed by atoms with van der Waals surface area (Å²) in [6.07, 6.45) is 5.89. The molecule has 0 radical (unpaired) electrons. The first kappa shape index (κ1) is 26.0. The quantitative estimate of drug-likeness (QED) is 0.239. The van der Waals surface area contributed by atoms with E-state index in [9.17, 15) is 0 Å². The average molecular weight is 573 g/mol. The van der Waals surface area contributed by atoms with Crippen molar-refractivity contribution in [2.45, 2.75) is 48.4 Å². The summed E-state index contributed by atoms with van der Waals surface area (Å²) >= 11 is 26.1. The molecule has 2 aromatic rings. The maximum atomic E-state index is 6.73. The summed E-state index contributed by atoms with van der Waals surface area (Å²) in [6.45, 7) is 0.918. The van der Waals surface area contributed by atoms with Gasteiger partial charge in [0.05, 0.1) is 14.2 Å². The third-order valence-corrected chi connectivity index (χ3v) is 8.05. The number of alkyl halides is 4. The Balaban J connectivity index is 1.73. The number of hydrogen-bond donors (Lipinski definition) is 0. The van der Waals surface area contributed by atoms with Crippen LogP contribution in [0, 0.1) is 0 Å². The van der Waals surface area contributed by atoms with Crippen LogP contribution in [-0.2, 0) is 6.42 Å². The van der Waals surface area contributed by atoms with Crippen molar-refractivity contribution in [3.63, 3.8) is 0 Å². The van der Waals surface area contributed by atoms with Gasteiger partial charge in [0.1, 0.15) is 6.04 Å². The lowest BCUT2D eigenvalue weighted by Crippen LogP contribution is -2.42. The van der Waals surface area contributed by atoms with Crippen LogP contribution in [0.5, 0.6) is 23.0 Å². The zero-order chi connectivity index (χ0) is 25.4. The van der Waals surface area contributed by atoms with E-state index in [-0.39, 0.29) is 6.79 Å². The summed E-state index contributed by atoms with van der Waals surface area (Å²) < 4.78 is 21.3. The maximum absolute atomic E-state index is 6.73. The number of halogens is 4. The van der Waals surface area contributed by atoms with Crippen LogP contribution < -0.4 is 18.9 Å². The molecule has 0 aliphatic carbocycles. The molecule has 0 unspecified atom stereocenters. The summed E-state index contributed by atoms with van der Waals surface area (Å²) in [5.41, 5.74) is 6.47. The number of benzene rings is 2. The van der Waals surface area contributed by atoms with Crippen LogP contribution in [-0.4, -0.2) is 42.1 Å². The first-order chi connectivity index (χ1) is 17.4. The molecule has 5 rings (SSSR count). The molecule has 0 fully saturated rings. The predicted octanol–water partition coefficient (Wildman–Crippen LogP) is 7.77. The molecular formula is C27H29Cl4NO4. The number of unbranched alkanes of at least 4 members (excludes halogenated alkanes) is 3. The lowest BCUT2D eigenvalue weighted by molar-refractivity contribution is 0.174. The van der Waals surface area contributed by atoms with Crippen molar-refractivity contribution in [3.8, 4) is 23.0 Å². The van der Waals surface area contributed by atoms with Crippen LogP contribution in [0.4, 0.5) is 0 Å². The Labute approximate surface area is 232 Å². The van der Waals surface area contributed by atoms with Gasteiger partial charge in [-0.15, -0.1) is 11.6 Å². The van der Waals surface area contributed by atoms with Crippen molar-refractivity contribution in [1.29, 1.82) is 0 Å². The SMILES string of the molecule is COc1ccc2c(c1OC)[C@@H](C(Cl)(Cl)Cl)N1CCc3cc4c(cc3C1=C2CCCCCCCl)OCO4. The third-order valence-electron chi connectivity index (χ3n) is 7.16. The number of hydrogen-bond acceptors (Lipinski definition) is 5. The molecule has 0 saturated heterocycles. The van der Waals surface area contributed by atoms with Crippen LogP contribution in [0.3, 0.4) is 0 Å². The molecule has 194 valence electrons. The number of ether oxygens (including phenoxy) is 4. The molecule has 0 amide bonds. The minimum atomic E-state index is -1.61. The van der Waals surface area contributed by atoms with Gasteiger partial charge in [-0.3, -0.25) is 0 Å². The Morgan fingerprint density at radius 1 is 0.972 bits per heavy atom. The monoisotopic (exact) mass is 571 g/mol. The molecule has 0 saturated carbocycles. The van der Waals surface area contributed by atoms with E-state index in [1.54, 1.807) is 14.2 Å². The van der Waals surface area contributed by atoms with Crippen molar-refractivity contribution in [2.75, 3.05) is 33.4 Å². The fourth-order valence-electron chi connectivity index (χ4n) is 5.62. The first-order valence-electron chi connectivity index (χ1n) is 12.2. The van der Waals surface area contributed by atoms with E-state index in [4.69, 9.17) is 65.4 Å². The van der Waals surface area contributed by atoms with E-state index in [1.165, 1.54) is 11.1 Å². The number of fused-ring (bicyclic) bond motifs is 5. The largest absolute Gasteiger partial charge is 0.493 e. The first-order valence-corrected chi connectivity index (χ1v) is 13.9. The fourth-order valence-corrected chi connectivity index (χ4v) is 6.49. The lowest BCUT2D eigenvalue weighted by Gasteiger charge is -2.47. The summed E-state index contributed by atoms with van der Waals surface area (Å²) in [5, 5.41) is 0. The molecule has 3 aliphatic heterocycles. The number of allylic oxidation sites excluding steroid dienone is 1. The second-order valence-electron chi connectivity index (χ2n) is 9.19. The highest BCUT2D eigenvalue weighted by Gasteiger charge is 2.48. The number of methoxy groups -OCH3 is 2. The molecule has 1 atom stereocenters. The maximum Gasteiger partial charge on any atom is 0.231 e. The standard InChI is InChI=1S/C27H29Cl4NO4/c1-33-20-9-8-17-18(7-5-3-4-6-11-28)24-19-14-22-21(35-15-36-22)13-16(19)10-12-32(24)26(27(29,30)31)23(17)25(20)34-2/h8-9,13-14,26H,3-7,10-12,15H2,1-2H3/t26-/m0/s1. The molecule has 36 heavy (non-hydrogen) atoms. The zero-order valence-corrected chi connectivity index (χ0v) is 23.4. The Bertz CT molecular complexity index is 1180. The van der Waals surface area contributed by atoms with Gasteiger partial charge in [0.25, 0.3) is 0 Å². The number of nitrogens with zero attached hydrogens (tertiary/aromatic N) is 1. The van der Waals surface area contributed by atoms with Gasteiger partial charge in [-0.2, -0.15) is 0 Å². The van der Waals surface area contributed by atoms with Crippen molar-refractivity contribution < 1.29 is 18.9 Å². The topological polar surface area (TPSA) is 40.2 Å². The fraction of sp³-hybridized carbons (Fsp3) is 0.481. The van der Waals surface area contributed by atoms with Gasteiger partial charge in [0.2, 0.25) is 10.6 Å². The van der Waals surface area contributed by atoms with Gasteiger partial charge in [-0.25, -0.2) is 0 Å². The normalized spacial score (nSPS) is 18.1. The highest BCUT2D eigenvalue weighted by Crippen LogP contribution is 2.59. The van der Waals surface area contributed by atoms with Crippen molar-refractivity contribution in [2.24, 2.45) is 0 Å². The lowest BCUT2D eigenvalue weighted by atomic mass is 9.80. The summed E-state index contributed by atoms with van der Waals surface area (Å²) in [4.78, 5) is 2.23. The predicted molar refractivity (Wildman–Crippen MR) is 146 cm³/mol. The van der Waals surface area contributed by atoms with E-state index in [2.05, 4.69) is 23.1 Å². The molecule has 0 N–H and O–H groups in total. The van der Waals surface area contributed by atoms with E-state index in [0.717, 1.165) is 72.4 Å². The van der Waals surface area contributed by atoms with Gasteiger partial charge in [-0.05, 0) is 60.6 Å². The molecule has 0 spiro atoms.